The number of fused-ring (bicyclic) bond motifs is 1. The summed E-state index contributed by atoms with van der Waals surface area (Å²) in [6, 6.07) is 14.3. The van der Waals surface area contributed by atoms with Gasteiger partial charge in [-0.15, -0.1) is 0 Å². The number of hydrogen-bond acceptors (Lipinski definition) is 2. The molecule has 2 aromatic rings. The number of amides is 1. The molecule has 0 spiro atoms. The molecule has 0 aromatic heterocycles. The highest BCUT2D eigenvalue weighted by Gasteiger charge is 2.31. The molecule has 0 saturated carbocycles. The zero-order chi connectivity index (χ0) is 13.4. The lowest BCUT2D eigenvalue weighted by Crippen LogP contribution is -2.45. The molecule has 19 heavy (non-hydrogen) atoms. The Morgan fingerprint density at radius 3 is 2.74 bits per heavy atom. The molecule has 1 atom stereocenters. The van der Waals surface area contributed by atoms with Crippen LogP contribution in [0.1, 0.15) is 15.9 Å². The minimum atomic E-state index is -0.860. The molecule has 1 unspecified atom stereocenters. The minimum absolute atomic E-state index is 0.198. The van der Waals surface area contributed by atoms with E-state index in [-0.39, 0.29) is 5.91 Å². The van der Waals surface area contributed by atoms with E-state index in [1.807, 2.05) is 18.2 Å². The average Bonchev–Trinajstić information content (AvgIpc) is 2.39. The Morgan fingerprint density at radius 2 is 1.95 bits per heavy atom. The van der Waals surface area contributed by atoms with Gasteiger partial charge in [0.25, 0.3) is 5.91 Å². The SMILES string of the molecule is O=C1c2ccccc2CC(O)N1c1cccc(Cl)c1. The van der Waals surface area contributed by atoms with Crippen molar-refractivity contribution >= 4 is 23.2 Å². The highest BCUT2D eigenvalue weighted by atomic mass is 35.5. The summed E-state index contributed by atoms with van der Waals surface area (Å²) < 4.78 is 0. The molecule has 96 valence electrons. The highest BCUT2D eigenvalue weighted by molar-refractivity contribution is 6.31. The van der Waals surface area contributed by atoms with Crippen LogP contribution in [0.15, 0.2) is 48.5 Å². The van der Waals surface area contributed by atoms with Crippen molar-refractivity contribution in [3.8, 4) is 0 Å². The van der Waals surface area contributed by atoms with Crippen LogP contribution in [0, 0.1) is 0 Å². The van der Waals surface area contributed by atoms with Crippen molar-refractivity contribution < 1.29 is 9.90 Å². The molecule has 0 radical (unpaired) electrons. The summed E-state index contributed by atoms with van der Waals surface area (Å²) in [5.41, 5.74) is 2.12. The van der Waals surface area contributed by atoms with E-state index >= 15 is 0 Å². The number of aliphatic hydroxyl groups excluding tert-OH is 1. The average molecular weight is 274 g/mol. The third-order valence-electron chi connectivity index (χ3n) is 3.25. The van der Waals surface area contributed by atoms with E-state index < -0.39 is 6.23 Å². The van der Waals surface area contributed by atoms with Crippen LogP contribution in [0.5, 0.6) is 0 Å². The van der Waals surface area contributed by atoms with Gasteiger partial charge in [-0.25, -0.2) is 0 Å². The highest BCUT2D eigenvalue weighted by Crippen LogP contribution is 2.28. The summed E-state index contributed by atoms with van der Waals surface area (Å²) in [5, 5.41) is 10.7. The topological polar surface area (TPSA) is 40.5 Å². The van der Waals surface area contributed by atoms with Crippen LogP contribution in [-0.2, 0) is 6.42 Å². The number of halogens is 1. The predicted molar refractivity (Wildman–Crippen MR) is 74.4 cm³/mol. The first kappa shape index (κ1) is 12.2. The van der Waals surface area contributed by atoms with Crippen molar-refractivity contribution in [1.82, 2.24) is 0 Å². The second-order valence-electron chi connectivity index (χ2n) is 4.50. The van der Waals surface area contributed by atoms with Gasteiger partial charge in [-0.1, -0.05) is 35.9 Å². The molecule has 0 fully saturated rings. The quantitative estimate of drug-likeness (QED) is 0.868. The summed E-state index contributed by atoms with van der Waals surface area (Å²) in [6.45, 7) is 0. The molecule has 1 N–H and O–H groups in total. The van der Waals surface area contributed by atoms with Gasteiger partial charge < -0.3 is 5.11 Å². The van der Waals surface area contributed by atoms with E-state index in [9.17, 15) is 9.90 Å². The van der Waals surface area contributed by atoms with E-state index in [1.54, 1.807) is 30.3 Å². The molecular weight excluding hydrogens is 262 g/mol. The monoisotopic (exact) mass is 273 g/mol. The molecule has 1 heterocycles. The molecule has 2 aromatic carbocycles. The summed E-state index contributed by atoms with van der Waals surface area (Å²) >= 11 is 5.94. The molecule has 0 bridgehead atoms. The number of carbonyl (C=O) groups excluding carboxylic acids is 1. The van der Waals surface area contributed by atoms with Gasteiger partial charge in [0.15, 0.2) is 0 Å². The Balaban J connectivity index is 2.07. The van der Waals surface area contributed by atoms with Gasteiger partial charge in [0.05, 0.1) is 0 Å². The van der Waals surface area contributed by atoms with Crippen LogP contribution in [-0.4, -0.2) is 17.2 Å². The Kier molecular flexibility index (Phi) is 3.01. The fourth-order valence-corrected chi connectivity index (χ4v) is 2.56. The largest absolute Gasteiger partial charge is 0.373 e. The summed E-state index contributed by atoms with van der Waals surface area (Å²) in [5.74, 6) is -0.198. The number of nitrogens with zero attached hydrogens (tertiary/aromatic N) is 1. The van der Waals surface area contributed by atoms with Crippen molar-refractivity contribution in [2.24, 2.45) is 0 Å². The Morgan fingerprint density at radius 1 is 1.16 bits per heavy atom. The zero-order valence-electron chi connectivity index (χ0n) is 10.1. The van der Waals surface area contributed by atoms with Gasteiger partial charge in [-0.3, -0.25) is 9.69 Å². The molecule has 1 aliphatic heterocycles. The van der Waals surface area contributed by atoms with Gasteiger partial charge in [0.1, 0.15) is 6.23 Å². The van der Waals surface area contributed by atoms with Crippen LogP contribution in [0.2, 0.25) is 5.02 Å². The zero-order valence-corrected chi connectivity index (χ0v) is 10.8. The maximum absolute atomic E-state index is 12.5. The fraction of sp³-hybridized carbons (Fsp3) is 0.133. The first-order valence-electron chi connectivity index (χ1n) is 6.02. The van der Waals surface area contributed by atoms with Gasteiger partial charge in [-0.05, 0) is 29.8 Å². The minimum Gasteiger partial charge on any atom is -0.373 e. The van der Waals surface area contributed by atoms with Crippen molar-refractivity contribution in [1.29, 1.82) is 0 Å². The summed E-state index contributed by atoms with van der Waals surface area (Å²) in [6.07, 6.45) is -0.435. The molecule has 1 amide bonds. The maximum atomic E-state index is 12.5. The lowest BCUT2D eigenvalue weighted by molar-refractivity contribution is 0.0860. The van der Waals surface area contributed by atoms with Gasteiger partial charge in [0, 0.05) is 22.7 Å². The third kappa shape index (κ3) is 2.11. The number of aliphatic hydroxyl groups is 1. The van der Waals surface area contributed by atoms with Crippen molar-refractivity contribution in [3.05, 3.63) is 64.7 Å². The molecule has 0 saturated heterocycles. The smallest absolute Gasteiger partial charge is 0.260 e. The molecule has 4 heteroatoms. The lowest BCUT2D eigenvalue weighted by atomic mass is 9.97. The maximum Gasteiger partial charge on any atom is 0.260 e. The van der Waals surface area contributed by atoms with E-state index in [0.29, 0.717) is 22.7 Å². The number of anilines is 1. The Labute approximate surface area is 116 Å². The number of rotatable bonds is 1. The molecule has 3 rings (SSSR count). The van der Waals surface area contributed by atoms with Crippen molar-refractivity contribution in [2.75, 3.05) is 4.90 Å². The number of carbonyl (C=O) groups is 1. The Hall–Kier alpha value is -1.84. The third-order valence-corrected chi connectivity index (χ3v) is 3.49. The van der Waals surface area contributed by atoms with Gasteiger partial charge >= 0.3 is 0 Å². The Bertz CT molecular complexity index is 642. The van der Waals surface area contributed by atoms with Crippen molar-refractivity contribution in [2.45, 2.75) is 12.6 Å². The normalized spacial score (nSPS) is 18.3. The van der Waals surface area contributed by atoms with Crippen LogP contribution >= 0.6 is 11.6 Å². The fourth-order valence-electron chi connectivity index (χ4n) is 2.38. The van der Waals surface area contributed by atoms with E-state index in [1.165, 1.54) is 4.90 Å². The number of benzene rings is 2. The van der Waals surface area contributed by atoms with Crippen molar-refractivity contribution in [3.63, 3.8) is 0 Å². The standard InChI is InChI=1S/C15H12ClNO2/c16-11-5-3-6-12(9-11)17-14(18)8-10-4-1-2-7-13(10)15(17)19/h1-7,9,14,18H,8H2. The molecule has 0 aliphatic carbocycles. The number of hydrogen-bond donors (Lipinski definition) is 1. The first-order valence-corrected chi connectivity index (χ1v) is 6.40. The molecule has 1 aliphatic rings. The molecule has 3 nitrogen and oxygen atoms in total. The van der Waals surface area contributed by atoms with Crippen LogP contribution in [0.3, 0.4) is 0 Å². The van der Waals surface area contributed by atoms with E-state index in [2.05, 4.69) is 0 Å². The second kappa shape index (κ2) is 4.68. The van der Waals surface area contributed by atoms with E-state index in [0.717, 1.165) is 5.56 Å². The first-order chi connectivity index (χ1) is 9.16. The lowest BCUT2D eigenvalue weighted by Gasteiger charge is -2.33. The summed E-state index contributed by atoms with van der Waals surface area (Å²) in [4.78, 5) is 13.8. The van der Waals surface area contributed by atoms with Crippen LogP contribution in [0.4, 0.5) is 5.69 Å². The van der Waals surface area contributed by atoms with Crippen LogP contribution in [0.25, 0.3) is 0 Å². The van der Waals surface area contributed by atoms with Gasteiger partial charge in [-0.2, -0.15) is 0 Å². The predicted octanol–water partition coefficient (Wildman–Crippen LogP) is 2.86. The summed E-state index contributed by atoms with van der Waals surface area (Å²) in [7, 11) is 0. The van der Waals surface area contributed by atoms with E-state index in [4.69, 9.17) is 11.6 Å². The van der Waals surface area contributed by atoms with Crippen LogP contribution < -0.4 is 4.90 Å². The molecular formula is C15H12ClNO2. The second-order valence-corrected chi connectivity index (χ2v) is 4.93. The van der Waals surface area contributed by atoms with Gasteiger partial charge in [0.2, 0.25) is 0 Å².